The molecule has 0 saturated carbocycles. The molecule has 1 fully saturated rings. The summed E-state index contributed by atoms with van der Waals surface area (Å²) in [5.74, 6) is 0.0200. The summed E-state index contributed by atoms with van der Waals surface area (Å²) in [7, 11) is 0. The molecular formula is C13H15BrN2O5. The van der Waals surface area contributed by atoms with Crippen molar-refractivity contribution in [1.29, 1.82) is 0 Å². The molecule has 8 heteroatoms. The van der Waals surface area contributed by atoms with Crippen molar-refractivity contribution < 1.29 is 19.2 Å². The maximum absolute atomic E-state index is 11.8. The molecule has 1 aliphatic heterocycles. The normalized spacial score (nSPS) is 15.5. The highest BCUT2D eigenvalue weighted by molar-refractivity contribution is 9.10. The van der Waals surface area contributed by atoms with E-state index in [0.717, 1.165) is 12.8 Å². The van der Waals surface area contributed by atoms with Crippen LogP contribution in [0, 0.1) is 10.1 Å². The van der Waals surface area contributed by atoms with E-state index in [-0.39, 0.29) is 30.0 Å². The lowest BCUT2D eigenvalue weighted by atomic mass is 10.1. The van der Waals surface area contributed by atoms with Crippen molar-refractivity contribution in [2.45, 2.75) is 18.9 Å². The Morgan fingerprint density at radius 3 is 2.86 bits per heavy atom. The molecule has 1 heterocycles. The van der Waals surface area contributed by atoms with Gasteiger partial charge in [-0.25, -0.2) is 0 Å². The highest BCUT2D eigenvalue weighted by Gasteiger charge is 2.17. The first-order chi connectivity index (χ1) is 10.1. The lowest BCUT2D eigenvalue weighted by Gasteiger charge is -2.23. The number of non-ortho nitro benzene ring substituents is 1. The van der Waals surface area contributed by atoms with Gasteiger partial charge in [-0.2, -0.15) is 0 Å². The third-order valence-electron chi connectivity index (χ3n) is 3.07. The van der Waals surface area contributed by atoms with Gasteiger partial charge in [-0.05, 0) is 34.8 Å². The van der Waals surface area contributed by atoms with Crippen molar-refractivity contribution in [3.8, 4) is 5.75 Å². The monoisotopic (exact) mass is 358 g/mol. The minimum Gasteiger partial charge on any atom is -0.482 e. The number of hydrogen-bond donors (Lipinski definition) is 1. The first kappa shape index (κ1) is 15.7. The second-order valence-electron chi connectivity index (χ2n) is 4.61. The molecule has 0 spiro atoms. The molecular weight excluding hydrogens is 344 g/mol. The van der Waals surface area contributed by atoms with E-state index in [1.54, 1.807) is 0 Å². The Morgan fingerprint density at radius 1 is 1.48 bits per heavy atom. The molecule has 0 aromatic heterocycles. The lowest BCUT2D eigenvalue weighted by molar-refractivity contribution is -0.385. The largest absolute Gasteiger partial charge is 0.482 e. The van der Waals surface area contributed by atoms with E-state index in [9.17, 15) is 14.9 Å². The fourth-order valence-electron chi connectivity index (χ4n) is 1.97. The molecule has 0 bridgehead atoms. The Labute approximate surface area is 129 Å². The second-order valence-corrected chi connectivity index (χ2v) is 5.47. The highest BCUT2D eigenvalue weighted by Crippen LogP contribution is 2.29. The first-order valence-corrected chi connectivity index (χ1v) is 7.29. The summed E-state index contributed by atoms with van der Waals surface area (Å²) in [6.45, 7) is 1.10. The third kappa shape index (κ3) is 4.68. The van der Waals surface area contributed by atoms with Gasteiger partial charge in [0.2, 0.25) is 0 Å². The van der Waals surface area contributed by atoms with Crippen molar-refractivity contribution >= 4 is 27.5 Å². The summed E-state index contributed by atoms with van der Waals surface area (Å²) in [5.41, 5.74) is -0.0852. The molecule has 0 unspecified atom stereocenters. The predicted molar refractivity (Wildman–Crippen MR) is 78.3 cm³/mol. The maximum Gasteiger partial charge on any atom is 0.273 e. The van der Waals surface area contributed by atoms with Crippen LogP contribution in [0.25, 0.3) is 0 Å². The molecule has 7 nitrogen and oxygen atoms in total. The summed E-state index contributed by atoms with van der Waals surface area (Å²) >= 11 is 3.23. The van der Waals surface area contributed by atoms with E-state index < -0.39 is 4.92 Å². The quantitative estimate of drug-likeness (QED) is 0.642. The Kier molecular flexibility index (Phi) is 5.51. The minimum absolute atomic E-state index is 0.0852. The van der Waals surface area contributed by atoms with Crippen LogP contribution in [-0.2, 0) is 9.53 Å². The van der Waals surface area contributed by atoms with Crippen LogP contribution in [0.2, 0.25) is 0 Å². The fourth-order valence-corrected chi connectivity index (χ4v) is 2.33. The first-order valence-electron chi connectivity index (χ1n) is 6.50. The van der Waals surface area contributed by atoms with Crippen LogP contribution in [0.15, 0.2) is 22.7 Å². The molecule has 1 amide bonds. The van der Waals surface area contributed by atoms with Gasteiger partial charge in [0.05, 0.1) is 15.5 Å². The van der Waals surface area contributed by atoms with Gasteiger partial charge in [0.25, 0.3) is 11.6 Å². The standard InChI is InChI=1S/C13H15BrN2O5/c14-11-2-1-10(16(18)19)7-12(11)21-8-13(17)15-9-3-5-20-6-4-9/h1-2,7,9H,3-6,8H2,(H,15,17). The number of benzene rings is 1. The predicted octanol–water partition coefficient (Wildman–Crippen LogP) is 2.03. The fraction of sp³-hybridized carbons (Fsp3) is 0.462. The molecule has 114 valence electrons. The van der Waals surface area contributed by atoms with Crippen LogP contribution in [0.1, 0.15) is 12.8 Å². The number of amides is 1. The average Bonchev–Trinajstić information content (AvgIpc) is 2.47. The zero-order valence-electron chi connectivity index (χ0n) is 11.2. The zero-order valence-corrected chi connectivity index (χ0v) is 12.8. The van der Waals surface area contributed by atoms with Crippen LogP contribution in [0.5, 0.6) is 5.75 Å². The van der Waals surface area contributed by atoms with Crippen LogP contribution in [0.3, 0.4) is 0 Å². The molecule has 0 radical (unpaired) electrons. The summed E-state index contributed by atoms with van der Waals surface area (Å²) in [6.07, 6.45) is 1.57. The van der Waals surface area contributed by atoms with E-state index in [0.29, 0.717) is 17.7 Å². The number of nitro groups is 1. The van der Waals surface area contributed by atoms with Gasteiger partial charge in [-0.1, -0.05) is 0 Å². The molecule has 1 aromatic rings. The number of halogens is 1. The van der Waals surface area contributed by atoms with E-state index in [1.807, 2.05) is 0 Å². The number of carbonyl (C=O) groups is 1. The van der Waals surface area contributed by atoms with Gasteiger partial charge in [0, 0.05) is 25.3 Å². The Balaban J connectivity index is 1.88. The molecule has 2 rings (SSSR count). The zero-order chi connectivity index (χ0) is 15.2. The van der Waals surface area contributed by atoms with E-state index in [4.69, 9.17) is 9.47 Å². The Morgan fingerprint density at radius 2 is 2.19 bits per heavy atom. The summed E-state index contributed by atoms with van der Waals surface area (Å²) in [5, 5.41) is 13.6. The van der Waals surface area contributed by atoms with Gasteiger partial charge >= 0.3 is 0 Å². The molecule has 1 saturated heterocycles. The lowest BCUT2D eigenvalue weighted by Crippen LogP contribution is -2.41. The third-order valence-corrected chi connectivity index (χ3v) is 3.73. The Hall–Kier alpha value is -1.67. The summed E-state index contributed by atoms with van der Waals surface area (Å²) in [6, 6.07) is 4.26. The van der Waals surface area contributed by atoms with Gasteiger partial charge in [-0.15, -0.1) is 0 Å². The number of nitro benzene ring substituents is 1. The molecule has 1 N–H and O–H groups in total. The van der Waals surface area contributed by atoms with Gasteiger partial charge < -0.3 is 14.8 Å². The van der Waals surface area contributed by atoms with Crippen LogP contribution in [0.4, 0.5) is 5.69 Å². The number of carbonyl (C=O) groups excluding carboxylic acids is 1. The van der Waals surface area contributed by atoms with Crippen molar-refractivity contribution in [3.05, 3.63) is 32.8 Å². The van der Waals surface area contributed by atoms with E-state index in [2.05, 4.69) is 21.2 Å². The smallest absolute Gasteiger partial charge is 0.273 e. The van der Waals surface area contributed by atoms with Crippen LogP contribution >= 0.6 is 15.9 Å². The molecule has 1 aliphatic rings. The summed E-state index contributed by atoms with van der Waals surface area (Å²) < 4.78 is 11.1. The summed E-state index contributed by atoms with van der Waals surface area (Å²) in [4.78, 5) is 22.0. The topological polar surface area (TPSA) is 90.7 Å². The Bertz CT molecular complexity index is 531. The van der Waals surface area contributed by atoms with Crippen LogP contribution < -0.4 is 10.1 Å². The van der Waals surface area contributed by atoms with Crippen molar-refractivity contribution in [1.82, 2.24) is 5.32 Å². The molecule has 0 aliphatic carbocycles. The maximum atomic E-state index is 11.8. The highest BCUT2D eigenvalue weighted by atomic mass is 79.9. The van der Waals surface area contributed by atoms with E-state index >= 15 is 0 Å². The van der Waals surface area contributed by atoms with Gasteiger partial charge in [-0.3, -0.25) is 14.9 Å². The van der Waals surface area contributed by atoms with Gasteiger partial charge in [0.1, 0.15) is 5.75 Å². The number of nitrogens with zero attached hydrogens (tertiary/aromatic N) is 1. The number of nitrogens with one attached hydrogen (secondary N) is 1. The molecule has 1 aromatic carbocycles. The molecule has 0 atom stereocenters. The van der Waals surface area contributed by atoms with Crippen LogP contribution in [-0.4, -0.2) is 36.7 Å². The number of ether oxygens (including phenoxy) is 2. The van der Waals surface area contributed by atoms with E-state index in [1.165, 1.54) is 18.2 Å². The second kappa shape index (κ2) is 7.37. The minimum atomic E-state index is -0.513. The number of rotatable bonds is 5. The van der Waals surface area contributed by atoms with Crippen molar-refractivity contribution in [2.24, 2.45) is 0 Å². The van der Waals surface area contributed by atoms with Gasteiger partial charge in [0.15, 0.2) is 6.61 Å². The molecule has 21 heavy (non-hydrogen) atoms. The average molecular weight is 359 g/mol. The van der Waals surface area contributed by atoms with Crippen molar-refractivity contribution in [2.75, 3.05) is 19.8 Å². The van der Waals surface area contributed by atoms with Crippen molar-refractivity contribution in [3.63, 3.8) is 0 Å². The number of hydrogen-bond acceptors (Lipinski definition) is 5. The SMILES string of the molecule is O=C(COc1cc([N+](=O)[O-])ccc1Br)NC1CCOCC1.